The topological polar surface area (TPSA) is 18.5 Å². The molecule has 1 atom stereocenters. The summed E-state index contributed by atoms with van der Waals surface area (Å²) in [6.07, 6.45) is 2.57. The molecule has 2 nitrogen and oxygen atoms in total. The van der Waals surface area contributed by atoms with Crippen LogP contribution in [0.4, 0.5) is 0 Å². The molecule has 0 amide bonds. The SMILES string of the molecule is C=CCB1OC(C)(C)C(C)(I)O1. The van der Waals surface area contributed by atoms with Crippen molar-refractivity contribution in [2.24, 2.45) is 0 Å². The Bertz CT molecular complexity index is 175. The van der Waals surface area contributed by atoms with E-state index in [1.54, 1.807) is 0 Å². The summed E-state index contributed by atoms with van der Waals surface area (Å²) < 4.78 is 11.2. The third kappa shape index (κ3) is 1.85. The Morgan fingerprint density at radius 3 is 2.33 bits per heavy atom. The van der Waals surface area contributed by atoms with Crippen LogP contribution in [0.25, 0.3) is 0 Å². The molecule has 1 heterocycles. The second-order valence-corrected chi connectivity index (χ2v) is 5.68. The van der Waals surface area contributed by atoms with Gasteiger partial charge in [0.2, 0.25) is 0 Å². The number of hydrogen-bond acceptors (Lipinski definition) is 2. The van der Waals surface area contributed by atoms with Gasteiger partial charge in [0, 0.05) is 6.32 Å². The average molecular weight is 280 g/mol. The highest BCUT2D eigenvalue weighted by molar-refractivity contribution is 14.1. The smallest absolute Gasteiger partial charge is 0.402 e. The Morgan fingerprint density at radius 2 is 2.00 bits per heavy atom. The lowest BCUT2D eigenvalue weighted by Gasteiger charge is -2.30. The molecule has 68 valence electrons. The molecule has 0 N–H and O–H groups in total. The maximum Gasteiger partial charge on any atom is 0.462 e. The summed E-state index contributed by atoms with van der Waals surface area (Å²) in [6.45, 7) is 9.78. The third-order valence-corrected chi connectivity index (χ3v) is 3.77. The minimum absolute atomic E-state index is 0.126. The molecule has 1 aliphatic heterocycles. The molecular formula is C8H14BIO2. The molecule has 0 spiro atoms. The van der Waals surface area contributed by atoms with E-state index in [0.717, 1.165) is 6.32 Å². The highest BCUT2D eigenvalue weighted by Gasteiger charge is 2.51. The Balaban J connectivity index is 2.67. The van der Waals surface area contributed by atoms with Crippen molar-refractivity contribution in [1.82, 2.24) is 0 Å². The van der Waals surface area contributed by atoms with Gasteiger partial charge in [-0.1, -0.05) is 6.08 Å². The molecule has 0 saturated carbocycles. The number of halogens is 1. The van der Waals surface area contributed by atoms with Gasteiger partial charge in [-0.25, -0.2) is 0 Å². The highest BCUT2D eigenvalue weighted by atomic mass is 127. The zero-order valence-electron chi connectivity index (χ0n) is 7.76. The molecule has 0 bridgehead atoms. The summed E-state index contributed by atoms with van der Waals surface area (Å²) in [4.78, 5) is 0. The molecular weight excluding hydrogens is 266 g/mol. The van der Waals surface area contributed by atoms with E-state index < -0.39 is 0 Å². The first-order valence-corrected chi connectivity index (χ1v) is 5.12. The molecule has 0 aromatic rings. The van der Waals surface area contributed by atoms with E-state index in [1.165, 1.54) is 0 Å². The van der Waals surface area contributed by atoms with Crippen LogP contribution in [0.5, 0.6) is 0 Å². The van der Waals surface area contributed by atoms with Crippen LogP contribution >= 0.6 is 22.6 Å². The molecule has 1 aliphatic rings. The zero-order valence-corrected chi connectivity index (χ0v) is 9.92. The van der Waals surface area contributed by atoms with E-state index in [1.807, 2.05) is 26.8 Å². The molecule has 0 aromatic heterocycles. The fourth-order valence-corrected chi connectivity index (χ4v) is 1.49. The minimum Gasteiger partial charge on any atom is -0.402 e. The Morgan fingerprint density at radius 1 is 1.42 bits per heavy atom. The van der Waals surface area contributed by atoms with Crippen LogP contribution in [0.2, 0.25) is 6.32 Å². The van der Waals surface area contributed by atoms with Crippen molar-refractivity contribution >= 4 is 29.7 Å². The second-order valence-electron chi connectivity index (χ2n) is 3.62. The third-order valence-electron chi connectivity index (χ3n) is 2.21. The maximum absolute atomic E-state index is 5.70. The monoisotopic (exact) mass is 280 g/mol. The van der Waals surface area contributed by atoms with Gasteiger partial charge in [-0.3, -0.25) is 0 Å². The Hall–Kier alpha value is 0.455. The first-order valence-electron chi connectivity index (χ1n) is 4.04. The summed E-state index contributed by atoms with van der Waals surface area (Å²) in [7, 11) is -0.126. The molecule has 0 aromatic carbocycles. The van der Waals surface area contributed by atoms with Crippen LogP contribution in [0, 0.1) is 0 Å². The molecule has 12 heavy (non-hydrogen) atoms. The summed E-state index contributed by atoms with van der Waals surface area (Å²) in [5, 5.41) is 0. The second kappa shape index (κ2) is 3.31. The van der Waals surface area contributed by atoms with Crippen molar-refractivity contribution in [3.63, 3.8) is 0 Å². The van der Waals surface area contributed by atoms with E-state index in [-0.39, 0.29) is 16.3 Å². The Kier molecular flexibility index (Phi) is 2.90. The van der Waals surface area contributed by atoms with Crippen LogP contribution < -0.4 is 0 Å². The predicted octanol–water partition coefficient (Wildman–Crippen LogP) is 2.64. The molecule has 1 fully saturated rings. The van der Waals surface area contributed by atoms with Gasteiger partial charge in [-0.2, -0.15) is 0 Å². The van der Waals surface area contributed by atoms with E-state index in [9.17, 15) is 0 Å². The van der Waals surface area contributed by atoms with Crippen LogP contribution in [-0.4, -0.2) is 16.3 Å². The van der Waals surface area contributed by atoms with Gasteiger partial charge in [-0.05, 0) is 43.4 Å². The maximum atomic E-state index is 5.70. The molecule has 0 radical (unpaired) electrons. The van der Waals surface area contributed by atoms with E-state index in [4.69, 9.17) is 9.31 Å². The van der Waals surface area contributed by atoms with Crippen molar-refractivity contribution in [2.75, 3.05) is 0 Å². The lowest BCUT2D eigenvalue weighted by atomic mass is 9.85. The van der Waals surface area contributed by atoms with Gasteiger partial charge < -0.3 is 9.31 Å². The zero-order chi connectivity index (χ0) is 9.41. The average Bonchev–Trinajstić information content (AvgIpc) is 2.02. The predicted molar refractivity (Wildman–Crippen MR) is 59.4 cm³/mol. The van der Waals surface area contributed by atoms with Crippen LogP contribution in [0.1, 0.15) is 20.8 Å². The molecule has 4 heteroatoms. The first-order chi connectivity index (χ1) is 5.39. The fraction of sp³-hybridized carbons (Fsp3) is 0.750. The molecule has 0 aliphatic carbocycles. The molecule has 1 unspecified atom stereocenters. The van der Waals surface area contributed by atoms with Gasteiger partial charge in [0.1, 0.15) is 3.61 Å². The van der Waals surface area contributed by atoms with Gasteiger partial charge in [0.15, 0.2) is 0 Å². The summed E-state index contributed by atoms with van der Waals surface area (Å²) in [6, 6.07) is 0. The van der Waals surface area contributed by atoms with Crippen LogP contribution in [0.15, 0.2) is 12.7 Å². The van der Waals surface area contributed by atoms with Crippen molar-refractivity contribution in [2.45, 2.75) is 36.3 Å². The van der Waals surface area contributed by atoms with Crippen molar-refractivity contribution in [3.05, 3.63) is 12.7 Å². The number of rotatable bonds is 2. The van der Waals surface area contributed by atoms with Gasteiger partial charge in [-0.15, -0.1) is 6.58 Å². The van der Waals surface area contributed by atoms with E-state index in [0.29, 0.717) is 0 Å². The Labute approximate surface area is 88.0 Å². The standard InChI is InChI=1S/C8H14BIO2/c1-5-6-9-11-7(2,3)8(4,10)12-9/h5H,1,6H2,2-4H3. The largest absolute Gasteiger partial charge is 0.462 e. The van der Waals surface area contributed by atoms with Gasteiger partial charge in [0.25, 0.3) is 0 Å². The number of hydrogen-bond donors (Lipinski definition) is 0. The lowest BCUT2D eigenvalue weighted by Crippen LogP contribution is -2.38. The number of allylic oxidation sites excluding steroid dienone is 1. The quantitative estimate of drug-likeness (QED) is 0.335. The fourth-order valence-electron chi connectivity index (χ4n) is 1.08. The van der Waals surface area contributed by atoms with Crippen molar-refractivity contribution in [1.29, 1.82) is 0 Å². The summed E-state index contributed by atoms with van der Waals surface area (Å²) >= 11 is 2.28. The lowest BCUT2D eigenvalue weighted by molar-refractivity contribution is 0.0724. The summed E-state index contributed by atoms with van der Waals surface area (Å²) in [5.74, 6) is 0. The van der Waals surface area contributed by atoms with E-state index in [2.05, 4.69) is 29.2 Å². The highest BCUT2D eigenvalue weighted by Crippen LogP contribution is 2.42. The van der Waals surface area contributed by atoms with E-state index >= 15 is 0 Å². The normalized spacial score (nSPS) is 33.8. The number of alkyl halides is 1. The molecule has 1 saturated heterocycles. The minimum atomic E-state index is -0.238. The van der Waals surface area contributed by atoms with Gasteiger partial charge >= 0.3 is 7.12 Å². The molecule has 1 rings (SSSR count). The van der Waals surface area contributed by atoms with Crippen molar-refractivity contribution < 1.29 is 9.31 Å². The first kappa shape index (κ1) is 10.5. The summed E-state index contributed by atoms with van der Waals surface area (Å²) in [5.41, 5.74) is -0.221. The van der Waals surface area contributed by atoms with Gasteiger partial charge in [0.05, 0.1) is 5.60 Å². The van der Waals surface area contributed by atoms with Crippen LogP contribution in [-0.2, 0) is 9.31 Å². The van der Waals surface area contributed by atoms with Crippen molar-refractivity contribution in [3.8, 4) is 0 Å². The van der Waals surface area contributed by atoms with Crippen LogP contribution in [0.3, 0.4) is 0 Å².